The van der Waals surface area contributed by atoms with E-state index in [1.807, 2.05) is 4.90 Å². The number of carbonyl (C=O) groups excluding carboxylic acids is 1. The molecule has 0 spiro atoms. The van der Waals surface area contributed by atoms with Crippen molar-refractivity contribution in [3.8, 4) is 23.3 Å². The second kappa shape index (κ2) is 13.6. The van der Waals surface area contributed by atoms with E-state index in [1.54, 1.807) is 22.8 Å². The van der Waals surface area contributed by atoms with Gasteiger partial charge in [-0.2, -0.15) is 28.4 Å². The van der Waals surface area contributed by atoms with E-state index >= 15 is 4.39 Å². The molecule has 0 aliphatic carbocycles. The predicted molar refractivity (Wildman–Crippen MR) is 172 cm³/mol. The number of alkyl halides is 4. The normalized spacial score (nSPS) is 23.7. The van der Waals surface area contributed by atoms with Gasteiger partial charge in [-0.25, -0.2) is 8.78 Å². The van der Waals surface area contributed by atoms with Crippen LogP contribution in [0, 0.1) is 17.1 Å². The van der Waals surface area contributed by atoms with Crippen molar-refractivity contribution >= 4 is 34.2 Å². The van der Waals surface area contributed by atoms with E-state index in [1.165, 1.54) is 18.3 Å². The van der Waals surface area contributed by atoms with Gasteiger partial charge in [-0.15, -0.1) is 0 Å². The molecule has 3 aliphatic heterocycles. The van der Waals surface area contributed by atoms with Crippen LogP contribution in [0.25, 0.3) is 22.2 Å². The molecule has 4 atom stereocenters. The first-order chi connectivity index (χ1) is 23.3. The van der Waals surface area contributed by atoms with Gasteiger partial charge in [0, 0.05) is 56.5 Å². The molecule has 0 bridgehead atoms. The average molecular weight is 705 g/mol. The third kappa shape index (κ3) is 6.86. The minimum atomic E-state index is -4.91. The molecule has 3 fully saturated rings. The lowest BCUT2D eigenvalue weighted by atomic mass is 9.95. The van der Waals surface area contributed by atoms with Crippen molar-refractivity contribution in [2.45, 2.75) is 62.6 Å². The molecule has 10 nitrogen and oxygen atoms in total. The van der Waals surface area contributed by atoms with Crippen LogP contribution in [0.4, 0.5) is 27.8 Å². The molecule has 6 rings (SSSR count). The number of hydrogen-bond acceptors (Lipinski definition) is 9. The molecule has 3 saturated heterocycles. The fourth-order valence-electron chi connectivity index (χ4n) is 7.12. The van der Waals surface area contributed by atoms with Crippen molar-refractivity contribution in [1.82, 2.24) is 24.8 Å². The number of piperazine rings is 1. The van der Waals surface area contributed by atoms with Gasteiger partial charge in [0.05, 0.1) is 40.0 Å². The van der Waals surface area contributed by atoms with Crippen molar-refractivity contribution in [3.05, 3.63) is 53.0 Å². The number of halogens is 6. The lowest BCUT2D eigenvalue weighted by Crippen LogP contribution is -2.55. The van der Waals surface area contributed by atoms with Crippen molar-refractivity contribution in [2.24, 2.45) is 5.73 Å². The van der Waals surface area contributed by atoms with E-state index < -0.39 is 51.6 Å². The highest BCUT2D eigenvalue weighted by atomic mass is 35.5. The van der Waals surface area contributed by atoms with Gasteiger partial charge >= 0.3 is 12.2 Å². The highest BCUT2D eigenvalue weighted by Gasteiger charge is 2.49. The topological polar surface area (TPSA) is 124 Å². The largest absolute Gasteiger partial charge is 0.461 e. The summed E-state index contributed by atoms with van der Waals surface area (Å²) in [5.74, 6) is -1.31. The van der Waals surface area contributed by atoms with E-state index in [2.05, 4.69) is 21.0 Å². The summed E-state index contributed by atoms with van der Waals surface area (Å²) >= 11 is 5.94. The number of amides is 1. The molecule has 2 aromatic heterocycles. The molecule has 16 heteroatoms. The van der Waals surface area contributed by atoms with E-state index in [4.69, 9.17) is 22.1 Å². The Morgan fingerprint density at radius 2 is 2.06 bits per heavy atom. The van der Waals surface area contributed by atoms with Crippen molar-refractivity contribution in [2.75, 3.05) is 44.2 Å². The van der Waals surface area contributed by atoms with Crippen LogP contribution in [0.2, 0.25) is 5.02 Å². The summed E-state index contributed by atoms with van der Waals surface area (Å²) in [6.07, 6.45) is -0.0462. The molecule has 5 heterocycles. The molecular formula is C33H34ClF5N8O2. The number of nitrogens with zero attached hydrogens (tertiary/aromatic N) is 7. The van der Waals surface area contributed by atoms with Gasteiger partial charge in [0.15, 0.2) is 5.82 Å². The summed E-state index contributed by atoms with van der Waals surface area (Å²) in [4.78, 5) is 31.4. The average Bonchev–Trinajstić information content (AvgIpc) is 3.57. The van der Waals surface area contributed by atoms with Crippen LogP contribution in [0.15, 0.2) is 36.5 Å². The smallest absolute Gasteiger partial charge is 0.418 e. The third-order valence-corrected chi connectivity index (χ3v) is 9.68. The Morgan fingerprint density at radius 1 is 1.27 bits per heavy atom. The lowest BCUT2D eigenvalue weighted by Gasteiger charge is -2.41. The van der Waals surface area contributed by atoms with Crippen LogP contribution in [-0.2, 0) is 11.0 Å². The zero-order chi connectivity index (χ0) is 35.1. The van der Waals surface area contributed by atoms with Crippen LogP contribution < -0.4 is 15.4 Å². The summed E-state index contributed by atoms with van der Waals surface area (Å²) in [6, 6.07) is 4.32. The zero-order valence-corrected chi connectivity index (χ0v) is 27.3. The number of benzene rings is 1. The monoisotopic (exact) mass is 704 g/mol. The maximum Gasteiger partial charge on any atom is 0.418 e. The molecule has 3 aromatic rings. The SMILES string of the molecule is C[C@@H](N)/C=C/C(=O)N1CCN(c2nc(OC[C@@]34CCCN3C[C@H](F)C4)nc3c(F)c(-c4cccc(Cl)c4C(F)(F)F)ncc23)C[C@@H]1CC#N. The first-order valence-corrected chi connectivity index (χ1v) is 16.3. The Balaban J connectivity index is 1.43. The summed E-state index contributed by atoms with van der Waals surface area (Å²) in [7, 11) is 0. The molecule has 2 N–H and O–H groups in total. The molecule has 0 radical (unpaired) electrons. The van der Waals surface area contributed by atoms with Gasteiger partial charge in [0.1, 0.15) is 29.8 Å². The molecule has 49 heavy (non-hydrogen) atoms. The molecule has 3 aliphatic rings. The Bertz CT molecular complexity index is 1820. The van der Waals surface area contributed by atoms with Crippen LogP contribution in [0.1, 0.15) is 38.2 Å². The van der Waals surface area contributed by atoms with Crippen molar-refractivity contribution < 1.29 is 31.5 Å². The number of ether oxygens (including phenoxy) is 1. The first kappa shape index (κ1) is 34.7. The quantitative estimate of drug-likeness (QED) is 0.246. The number of anilines is 1. The summed E-state index contributed by atoms with van der Waals surface area (Å²) in [5, 5.41) is 9.05. The number of hydrogen-bond donors (Lipinski definition) is 1. The summed E-state index contributed by atoms with van der Waals surface area (Å²) in [5.41, 5.74) is 2.41. The van der Waals surface area contributed by atoms with Gasteiger partial charge in [-0.1, -0.05) is 29.8 Å². The number of fused-ring (bicyclic) bond motifs is 2. The second-order valence-electron chi connectivity index (χ2n) is 12.7. The van der Waals surface area contributed by atoms with Gasteiger partial charge in [0.25, 0.3) is 0 Å². The summed E-state index contributed by atoms with van der Waals surface area (Å²) in [6.45, 7) is 3.24. The molecule has 1 aromatic carbocycles. The number of carbonyl (C=O) groups is 1. The first-order valence-electron chi connectivity index (χ1n) is 15.9. The van der Waals surface area contributed by atoms with E-state index in [0.717, 1.165) is 18.6 Å². The van der Waals surface area contributed by atoms with E-state index in [-0.39, 0.29) is 80.3 Å². The predicted octanol–water partition coefficient (Wildman–Crippen LogP) is 5.29. The standard InChI is InChI=1S/C33H34ClF5N8O2/c1-19(41)6-7-25(48)47-13-12-45(17-21(47)8-10-40)30-23-15-42-28(22-4-2-5-24(34)26(22)33(37,38)39)27(36)29(23)43-31(44-30)49-18-32-9-3-11-46(32)16-20(35)14-32/h2,4-7,15,19-21H,3,8-9,11-14,16-18,41H2,1H3/b7-6+/t19-,20-,21+,32+/m1/s1. The highest BCUT2D eigenvalue weighted by molar-refractivity contribution is 6.31. The maximum absolute atomic E-state index is 16.5. The number of aromatic nitrogens is 3. The number of nitrogens with two attached hydrogens (primary N) is 1. The highest BCUT2D eigenvalue weighted by Crippen LogP contribution is 2.43. The number of nitriles is 1. The van der Waals surface area contributed by atoms with E-state index in [0.29, 0.717) is 13.0 Å². The number of pyridine rings is 1. The van der Waals surface area contributed by atoms with Crippen molar-refractivity contribution in [1.29, 1.82) is 5.26 Å². The maximum atomic E-state index is 16.5. The third-order valence-electron chi connectivity index (χ3n) is 9.36. The zero-order valence-electron chi connectivity index (χ0n) is 26.6. The summed E-state index contributed by atoms with van der Waals surface area (Å²) < 4.78 is 79.3. The Kier molecular flexibility index (Phi) is 9.67. The molecule has 0 unspecified atom stereocenters. The fraction of sp³-hybridized carbons (Fsp3) is 0.485. The molecule has 1 amide bonds. The second-order valence-corrected chi connectivity index (χ2v) is 13.2. The minimum absolute atomic E-state index is 0.0187. The van der Waals surface area contributed by atoms with E-state index in [9.17, 15) is 27.6 Å². The Morgan fingerprint density at radius 3 is 2.80 bits per heavy atom. The van der Waals surface area contributed by atoms with Crippen LogP contribution in [-0.4, -0.2) is 93.8 Å². The molecule has 0 saturated carbocycles. The molecule has 260 valence electrons. The molecular weight excluding hydrogens is 671 g/mol. The van der Waals surface area contributed by atoms with Gasteiger partial charge < -0.3 is 20.3 Å². The van der Waals surface area contributed by atoms with Gasteiger partial charge in [-0.3, -0.25) is 14.7 Å². The lowest BCUT2D eigenvalue weighted by molar-refractivity contribution is -0.137. The van der Waals surface area contributed by atoms with Crippen LogP contribution in [0.5, 0.6) is 6.01 Å². The Hall–Kier alpha value is -4.13. The minimum Gasteiger partial charge on any atom is -0.461 e. The fourth-order valence-corrected chi connectivity index (χ4v) is 7.40. The van der Waals surface area contributed by atoms with Crippen LogP contribution >= 0.6 is 11.6 Å². The van der Waals surface area contributed by atoms with Gasteiger partial charge in [-0.05, 0) is 32.4 Å². The number of rotatable bonds is 8. The van der Waals surface area contributed by atoms with Crippen molar-refractivity contribution in [3.63, 3.8) is 0 Å². The Labute approximate surface area is 284 Å². The van der Waals surface area contributed by atoms with Crippen LogP contribution in [0.3, 0.4) is 0 Å². The van der Waals surface area contributed by atoms with Gasteiger partial charge in [0.2, 0.25) is 5.91 Å².